The third-order valence-electron chi connectivity index (χ3n) is 3.28. The van der Waals surface area contributed by atoms with Crippen molar-refractivity contribution in [3.63, 3.8) is 0 Å². The van der Waals surface area contributed by atoms with Crippen LogP contribution in [0.25, 0.3) is 0 Å². The highest BCUT2D eigenvalue weighted by Gasteiger charge is 2.55. The molecule has 1 unspecified atom stereocenters. The fourth-order valence-corrected chi connectivity index (χ4v) is 3.09. The zero-order valence-electron chi connectivity index (χ0n) is 13.0. The van der Waals surface area contributed by atoms with Crippen LogP contribution in [-0.4, -0.2) is 41.2 Å². The summed E-state index contributed by atoms with van der Waals surface area (Å²) in [6.07, 6.45) is -2.78. The molecule has 1 atom stereocenters. The van der Waals surface area contributed by atoms with Gasteiger partial charge in [0.15, 0.2) is 0 Å². The van der Waals surface area contributed by atoms with Gasteiger partial charge in [-0.15, -0.1) is 0 Å². The quantitative estimate of drug-likeness (QED) is 0.749. The summed E-state index contributed by atoms with van der Waals surface area (Å²) in [5.74, 6) is -1.77. The van der Waals surface area contributed by atoms with E-state index < -0.39 is 32.7 Å². The normalized spacial score (nSPS) is 14.5. The fourth-order valence-electron chi connectivity index (χ4n) is 1.67. The van der Waals surface area contributed by atoms with Crippen molar-refractivity contribution in [2.75, 3.05) is 5.32 Å². The van der Waals surface area contributed by atoms with Gasteiger partial charge in [-0.05, 0) is 31.2 Å². The van der Waals surface area contributed by atoms with Gasteiger partial charge in [-0.3, -0.25) is 4.79 Å². The molecule has 0 spiro atoms. The van der Waals surface area contributed by atoms with Gasteiger partial charge in [0.1, 0.15) is 0 Å². The molecule has 7 nitrogen and oxygen atoms in total. The number of halogens is 4. The van der Waals surface area contributed by atoms with Crippen LogP contribution in [0.3, 0.4) is 0 Å². The average Bonchev–Trinajstić information content (AvgIpc) is 2.56. The Hall–Kier alpha value is -2.24. The first-order chi connectivity index (χ1) is 11.9. The maximum atomic E-state index is 12.7. The smallest absolute Gasteiger partial charge is 0.373 e. The van der Waals surface area contributed by atoms with Crippen molar-refractivity contribution >= 4 is 33.0 Å². The summed E-state index contributed by atoms with van der Waals surface area (Å²) in [5.41, 5.74) is -3.96. The minimum atomic E-state index is -5.21. The van der Waals surface area contributed by atoms with Crippen LogP contribution in [0, 0.1) is 0 Å². The number of nitrogens with one attached hydrogen (secondary N) is 1. The molecule has 0 aliphatic rings. The summed E-state index contributed by atoms with van der Waals surface area (Å²) in [7, 11) is -4.11. The number of hydrogen-bond acceptors (Lipinski definition) is 6. The molecule has 0 radical (unpaired) electrons. The second-order valence-corrected chi connectivity index (χ2v) is 7.45. The minimum absolute atomic E-state index is 0.280. The Morgan fingerprint density at radius 2 is 1.81 bits per heavy atom. The topological polar surface area (TPSA) is 109 Å². The highest BCUT2D eigenvalue weighted by molar-refractivity contribution is 7.91. The molecule has 2 N–H and O–H groups in total. The molecule has 2 aromatic rings. The number of alkyl halides is 3. The standard InChI is InChI=1S/C14H11ClF3N3O4S/c1-13(23,14(16,17)18)11(22)21-10-4-3-8(7-9(10)15)26(24,25)12-19-5-2-6-20-12/h2-7,23H,1H3,(H,21,22). The van der Waals surface area contributed by atoms with Gasteiger partial charge in [0.25, 0.3) is 11.1 Å². The Morgan fingerprint density at radius 1 is 1.23 bits per heavy atom. The van der Waals surface area contributed by atoms with E-state index in [2.05, 4.69) is 9.97 Å². The molecule has 0 aliphatic carbocycles. The lowest BCUT2D eigenvalue weighted by Crippen LogP contribution is -2.52. The van der Waals surface area contributed by atoms with Crippen LogP contribution in [0.1, 0.15) is 6.92 Å². The zero-order chi connectivity index (χ0) is 19.8. The van der Waals surface area contributed by atoms with E-state index in [0.717, 1.165) is 18.2 Å². The molecule has 2 rings (SSSR count). The predicted octanol–water partition coefficient (Wildman–Crippen LogP) is 2.21. The molecule has 0 bridgehead atoms. The van der Waals surface area contributed by atoms with Gasteiger partial charge in [-0.25, -0.2) is 18.4 Å². The van der Waals surface area contributed by atoms with Crippen LogP contribution in [0.4, 0.5) is 18.9 Å². The monoisotopic (exact) mass is 409 g/mol. The van der Waals surface area contributed by atoms with Crippen molar-refractivity contribution in [1.29, 1.82) is 0 Å². The maximum Gasteiger partial charge on any atom is 0.426 e. The number of nitrogens with zero attached hydrogens (tertiary/aromatic N) is 2. The number of rotatable bonds is 4. The number of sulfone groups is 1. The third-order valence-corrected chi connectivity index (χ3v) is 5.15. The van der Waals surface area contributed by atoms with Crippen LogP contribution in [0.5, 0.6) is 0 Å². The van der Waals surface area contributed by atoms with Crippen LogP contribution in [0.15, 0.2) is 46.7 Å². The molecule has 0 fully saturated rings. The van der Waals surface area contributed by atoms with Crippen LogP contribution < -0.4 is 5.32 Å². The first-order valence-corrected chi connectivity index (χ1v) is 8.65. The molecule has 1 heterocycles. The molecule has 0 saturated heterocycles. The summed E-state index contributed by atoms with van der Waals surface area (Å²) in [6.45, 7) is 0.280. The fraction of sp³-hybridized carbons (Fsp3) is 0.214. The first-order valence-electron chi connectivity index (χ1n) is 6.79. The van der Waals surface area contributed by atoms with Crippen molar-refractivity contribution in [2.45, 2.75) is 28.8 Å². The van der Waals surface area contributed by atoms with Gasteiger partial charge < -0.3 is 10.4 Å². The van der Waals surface area contributed by atoms with Gasteiger partial charge in [-0.1, -0.05) is 11.6 Å². The zero-order valence-corrected chi connectivity index (χ0v) is 14.5. The van der Waals surface area contributed by atoms with Crippen molar-refractivity contribution < 1.29 is 31.5 Å². The Morgan fingerprint density at radius 3 is 2.31 bits per heavy atom. The third kappa shape index (κ3) is 3.79. The van der Waals surface area contributed by atoms with E-state index in [4.69, 9.17) is 11.6 Å². The first kappa shape index (κ1) is 20.1. The van der Waals surface area contributed by atoms with Crippen LogP contribution >= 0.6 is 11.6 Å². The summed E-state index contributed by atoms with van der Waals surface area (Å²) >= 11 is 5.85. The van der Waals surface area contributed by atoms with E-state index in [0.29, 0.717) is 0 Å². The number of carbonyl (C=O) groups is 1. The molecule has 140 valence electrons. The lowest BCUT2D eigenvalue weighted by atomic mass is 10.1. The minimum Gasteiger partial charge on any atom is -0.373 e. The number of amides is 1. The number of carbonyl (C=O) groups excluding carboxylic acids is 1. The van der Waals surface area contributed by atoms with Gasteiger partial charge in [-0.2, -0.15) is 13.2 Å². The Labute approximate surface area is 150 Å². The molecule has 1 aromatic heterocycles. The van der Waals surface area contributed by atoms with E-state index in [-0.39, 0.29) is 22.5 Å². The number of benzene rings is 1. The van der Waals surface area contributed by atoms with Crippen molar-refractivity contribution in [3.05, 3.63) is 41.7 Å². The number of anilines is 1. The maximum absolute atomic E-state index is 12.7. The molecule has 1 aromatic carbocycles. The second-order valence-electron chi connectivity index (χ2n) is 5.20. The summed E-state index contributed by atoms with van der Waals surface area (Å²) in [4.78, 5) is 18.6. The summed E-state index contributed by atoms with van der Waals surface area (Å²) < 4.78 is 62.7. The van der Waals surface area contributed by atoms with Crippen molar-refractivity contribution in [3.8, 4) is 0 Å². The molecule has 26 heavy (non-hydrogen) atoms. The van der Waals surface area contributed by atoms with Gasteiger partial charge in [0.05, 0.1) is 15.6 Å². The average molecular weight is 410 g/mol. The molecular weight excluding hydrogens is 399 g/mol. The van der Waals surface area contributed by atoms with E-state index in [1.807, 2.05) is 5.32 Å². The lowest BCUT2D eigenvalue weighted by molar-refractivity contribution is -0.242. The molecule has 12 heteroatoms. The number of aliphatic hydroxyl groups is 1. The summed E-state index contributed by atoms with van der Waals surface area (Å²) in [5, 5.41) is 10.3. The summed E-state index contributed by atoms with van der Waals surface area (Å²) in [6, 6.07) is 4.33. The highest BCUT2D eigenvalue weighted by atomic mass is 35.5. The lowest BCUT2D eigenvalue weighted by Gasteiger charge is -2.25. The van der Waals surface area contributed by atoms with E-state index in [9.17, 15) is 31.5 Å². The van der Waals surface area contributed by atoms with Gasteiger partial charge in [0.2, 0.25) is 15.4 Å². The van der Waals surface area contributed by atoms with E-state index in [1.54, 1.807) is 0 Å². The van der Waals surface area contributed by atoms with Crippen LogP contribution in [0.2, 0.25) is 5.02 Å². The number of hydrogen-bond donors (Lipinski definition) is 2. The van der Waals surface area contributed by atoms with Crippen LogP contribution in [-0.2, 0) is 14.6 Å². The highest BCUT2D eigenvalue weighted by Crippen LogP contribution is 2.33. The predicted molar refractivity (Wildman–Crippen MR) is 84.2 cm³/mol. The van der Waals surface area contributed by atoms with E-state index in [1.165, 1.54) is 18.5 Å². The van der Waals surface area contributed by atoms with Gasteiger partial charge >= 0.3 is 6.18 Å². The SMILES string of the molecule is CC(O)(C(=O)Nc1ccc(S(=O)(=O)c2ncccn2)cc1Cl)C(F)(F)F. The van der Waals surface area contributed by atoms with E-state index >= 15 is 0 Å². The molecule has 1 amide bonds. The Balaban J connectivity index is 2.33. The molecule has 0 aliphatic heterocycles. The Bertz CT molecular complexity index is 934. The van der Waals surface area contributed by atoms with Crippen molar-refractivity contribution in [2.24, 2.45) is 0 Å². The van der Waals surface area contributed by atoms with Gasteiger partial charge in [0, 0.05) is 12.4 Å². The molecule has 0 saturated carbocycles. The number of aromatic nitrogens is 2. The van der Waals surface area contributed by atoms with Crippen molar-refractivity contribution in [1.82, 2.24) is 9.97 Å². The second kappa shape index (κ2) is 6.82. The Kier molecular flexibility index (Phi) is 5.26. The molecular formula is C14H11ClF3N3O4S. The largest absolute Gasteiger partial charge is 0.426 e.